The molecule has 3 aromatic rings. The van der Waals surface area contributed by atoms with Crippen molar-refractivity contribution in [2.24, 2.45) is 5.14 Å². The number of hydrogen-bond donors (Lipinski definition) is 2. The van der Waals surface area contributed by atoms with E-state index in [0.717, 1.165) is 12.1 Å². The van der Waals surface area contributed by atoms with Crippen molar-refractivity contribution in [1.82, 2.24) is 24.8 Å². The first-order valence-corrected chi connectivity index (χ1v) is 10.9. The molecule has 3 N–H and O–H groups in total. The summed E-state index contributed by atoms with van der Waals surface area (Å²) in [7, 11) is -4.06. The Morgan fingerprint density at radius 3 is 2.69 bits per heavy atom. The molecule has 0 unspecified atom stereocenters. The van der Waals surface area contributed by atoms with Gasteiger partial charge >= 0.3 is 10.3 Å². The number of rotatable bonds is 7. The van der Waals surface area contributed by atoms with E-state index in [0.29, 0.717) is 35.8 Å². The highest BCUT2D eigenvalue weighted by Crippen LogP contribution is 2.31. The van der Waals surface area contributed by atoms with Gasteiger partial charge in [0.25, 0.3) is 5.91 Å². The lowest BCUT2D eigenvalue weighted by atomic mass is 10.2. The van der Waals surface area contributed by atoms with Crippen LogP contribution in [0.25, 0.3) is 11.2 Å². The number of carbonyl (C=O) groups is 1. The fourth-order valence-electron chi connectivity index (χ4n) is 3.38. The van der Waals surface area contributed by atoms with E-state index in [1.807, 2.05) is 0 Å². The van der Waals surface area contributed by atoms with Gasteiger partial charge in [-0.2, -0.15) is 8.42 Å². The minimum atomic E-state index is -4.06. The molecule has 1 aromatic carbocycles. The first kappa shape index (κ1) is 22.1. The zero-order chi connectivity index (χ0) is 22.9. The second-order valence-electron chi connectivity index (χ2n) is 7.05. The van der Waals surface area contributed by atoms with Crippen LogP contribution in [0.4, 0.5) is 8.78 Å². The summed E-state index contributed by atoms with van der Waals surface area (Å²) in [4.78, 5) is 24.9. The van der Waals surface area contributed by atoms with Crippen molar-refractivity contribution in [2.45, 2.75) is 31.7 Å². The van der Waals surface area contributed by atoms with Crippen molar-refractivity contribution >= 4 is 27.4 Å². The molecular weight excluding hydrogens is 450 g/mol. The van der Waals surface area contributed by atoms with E-state index in [1.54, 1.807) is 4.57 Å². The fourth-order valence-corrected chi connectivity index (χ4v) is 3.72. The molecule has 1 aliphatic rings. The van der Waals surface area contributed by atoms with Gasteiger partial charge in [0.1, 0.15) is 29.7 Å². The third-order valence-electron chi connectivity index (χ3n) is 4.79. The highest BCUT2D eigenvalue weighted by Gasteiger charge is 2.29. The maximum atomic E-state index is 13.3. The second-order valence-corrected chi connectivity index (χ2v) is 8.27. The summed E-state index contributed by atoms with van der Waals surface area (Å²) in [6, 6.07) is 2.53. The average Bonchev–Trinajstić information content (AvgIpc) is 3.36. The summed E-state index contributed by atoms with van der Waals surface area (Å²) in [5.74, 6) is -2.39. The Kier molecular flexibility index (Phi) is 6.10. The predicted molar refractivity (Wildman–Crippen MR) is 105 cm³/mol. The molecule has 0 aliphatic carbocycles. The number of fused-ring (bicyclic) bond motifs is 1. The minimum Gasteiger partial charge on any atom is -0.352 e. The van der Waals surface area contributed by atoms with Crippen molar-refractivity contribution in [1.29, 1.82) is 0 Å². The highest BCUT2D eigenvalue weighted by atomic mass is 32.2. The van der Waals surface area contributed by atoms with Crippen LogP contribution in [0.2, 0.25) is 0 Å². The predicted octanol–water partition coefficient (Wildman–Crippen LogP) is 0.932. The summed E-state index contributed by atoms with van der Waals surface area (Å²) in [6.45, 7) is -0.252. The molecule has 3 heterocycles. The number of nitrogens with two attached hydrogens (primary N) is 1. The third kappa shape index (κ3) is 5.04. The number of nitrogens with zero attached hydrogens (tertiary/aromatic N) is 4. The minimum absolute atomic E-state index is 0.0522. The number of imidazole rings is 1. The lowest BCUT2D eigenvalue weighted by Crippen LogP contribution is -2.24. The molecule has 0 spiro atoms. The van der Waals surface area contributed by atoms with Gasteiger partial charge in [-0.15, -0.1) is 0 Å². The van der Waals surface area contributed by atoms with Crippen molar-refractivity contribution in [3.05, 3.63) is 53.7 Å². The number of amides is 1. The Morgan fingerprint density at radius 1 is 1.22 bits per heavy atom. The number of hydrogen-bond acceptors (Lipinski definition) is 8. The van der Waals surface area contributed by atoms with Crippen molar-refractivity contribution in [3.63, 3.8) is 0 Å². The van der Waals surface area contributed by atoms with Crippen LogP contribution in [0.5, 0.6) is 0 Å². The Bertz CT molecular complexity index is 1250. The molecule has 14 heteroatoms. The van der Waals surface area contributed by atoms with E-state index in [-0.39, 0.29) is 18.7 Å². The maximum absolute atomic E-state index is 13.3. The van der Waals surface area contributed by atoms with E-state index in [9.17, 15) is 22.0 Å². The van der Waals surface area contributed by atoms with Gasteiger partial charge in [0.15, 0.2) is 5.65 Å². The summed E-state index contributed by atoms with van der Waals surface area (Å²) >= 11 is 0. The Hall–Kier alpha value is -3.07. The first-order valence-electron chi connectivity index (χ1n) is 9.43. The van der Waals surface area contributed by atoms with Crippen molar-refractivity contribution in [2.75, 3.05) is 6.61 Å². The topological polar surface area (TPSA) is 151 Å². The SMILES string of the molecule is NS(=O)(=O)OC[C@@H]1CC[C@H](n2cnc3c(CNC(=O)c4cc(F)cc(F)c4)ncnc32)O1. The monoisotopic (exact) mass is 468 g/mol. The smallest absolute Gasteiger partial charge is 0.333 e. The van der Waals surface area contributed by atoms with Gasteiger partial charge in [0.2, 0.25) is 0 Å². The van der Waals surface area contributed by atoms with Crippen molar-refractivity contribution < 1.29 is 30.9 Å². The van der Waals surface area contributed by atoms with Gasteiger partial charge in [-0.25, -0.2) is 28.9 Å². The van der Waals surface area contributed by atoms with E-state index in [2.05, 4.69) is 24.5 Å². The lowest BCUT2D eigenvalue weighted by Gasteiger charge is -2.15. The van der Waals surface area contributed by atoms with Crippen LogP contribution >= 0.6 is 0 Å². The van der Waals surface area contributed by atoms with Crippen LogP contribution in [-0.4, -0.2) is 46.6 Å². The fraction of sp³-hybridized carbons (Fsp3) is 0.333. The molecule has 4 rings (SSSR count). The molecule has 11 nitrogen and oxygen atoms in total. The molecule has 0 radical (unpaired) electrons. The summed E-state index contributed by atoms with van der Waals surface area (Å²) < 4.78 is 60.6. The summed E-state index contributed by atoms with van der Waals surface area (Å²) in [6.07, 6.45) is 2.97. The number of halogens is 2. The van der Waals surface area contributed by atoms with Crippen LogP contribution in [0.3, 0.4) is 0 Å². The number of aromatic nitrogens is 4. The van der Waals surface area contributed by atoms with Crippen molar-refractivity contribution in [3.8, 4) is 0 Å². The van der Waals surface area contributed by atoms with Gasteiger partial charge in [-0.1, -0.05) is 0 Å². The van der Waals surface area contributed by atoms with E-state index < -0.39 is 40.2 Å². The van der Waals surface area contributed by atoms with Gasteiger partial charge < -0.3 is 10.1 Å². The van der Waals surface area contributed by atoms with Crippen LogP contribution in [0.1, 0.15) is 35.1 Å². The molecule has 1 fully saturated rings. The summed E-state index contributed by atoms with van der Waals surface area (Å²) in [5, 5.41) is 7.38. The maximum Gasteiger partial charge on any atom is 0.333 e. The Morgan fingerprint density at radius 2 is 1.97 bits per heavy atom. The van der Waals surface area contributed by atoms with Crippen LogP contribution in [0.15, 0.2) is 30.9 Å². The van der Waals surface area contributed by atoms with Crippen LogP contribution in [-0.2, 0) is 25.8 Å². The van der Waals surface area contributed by atoms with Gasteiger partial charge in [-0.05, 0) is 25.0 Å². The number of ether oxygens (including phenoxy) is 1. The highest BCUT2D eigenvalue weighted by molar-refractivity contribution is 7.84. The third-order valence-corrected chi connectivity index (χ3v) is 5.25. The molecule has 0 saturated carbocycles. The summed E-state index contributed by atoms with van der Waals surface area (Å²) in [5.41, 5.74) is 1.08. The molecule has 1 amide bonds. The average molecular weight is 468 g/mol. The van der Waals surface area contributed by atoms with Gasteiger partial charge in [0, 0.05) is 11.6 Å². The standard InChI is InChI=1S/C18H18F2N6O5S/c19-11-3-10(4-12(20)5-11)18(27)22-6-14-16-17(24-8-23-14)26(9-25-16)15-2-1-13(31-15)7-30-32(21,28)29/h3-5,8-9,13,15H,1-2,6-7H2,(H,22,27)(H2,21,28,29)/t13-,15+/m0/s1. The number of carbonyl (C=O) groups excluding carboxylic acids is 1. The quantitative estimate of drug-likeness (QED) is 0.520. The zero-order valence-corrected chi connectivity index (χ0v) is 17.3. The van der Waals surface area contributed by atoms with E-state index >= 15 is 0 Å². The largest absolute Gasteiger partial charge is 0.352 e. The molecule has 2 atom stereocenters. The zero-order valence-electron chi connectivity index (χ0n) is 16.4. The normalized spacial score (nSPS) is 18.8. The van der Waals surface area contributed by atoms with Crippen LogP contribution < -0.4 is 10.5 Å². The number of nitrogens with one attached hydrogen (secondary N) is 1. The lowest BCUT2D eigenvalue weighted by molar-refractivity contribution is -0.0149. The van der Waals surface area contributed by atoms with E-state index in [4.69, 9.17) is 9.88 Å². The van der Waals surface area contributed by atoms with Gasteiger partial charge in [0.05, 0.1) is 31.3 Å². The Labute approximate surface area is 180 Å². The molecule has 1 saturated heterocycles. The Balaban J connectivity index is 1.46. The molecule has 0 bridgehead atoms. The molecular formula is C18H18F2N6O5S. The number of benzene rings is 1. The molecule has 1 aliphatic heterocycles. The van der Waals surface area contributed by atoms with E-state index in [1.165, 1.54) is 12.7 Å². The molecule has 170 valence electrons. The second kappa shape index (κ2) is 8.82. The first-order chi connectivity index (χ1) is 15.2. The molecule has 32 heavy (non-hydrogen) atoms. The molecule has 2 aromatic heterocycles. The van der Waals surface area contributed by atoms with Crippen LogP contribution in [0, 0.1) is 11.6 Å². The van der Waals surface area contributed by atoms with Gasteiger partial charge in [-0.3, -0.25) is 13.5 Å².